The first-order valence-electron chi connectivity index (χ1n) is 5.77. The van der Waals surface area contributed by atoms with Crippen molar-refractivity contribution in [1.29, 1.82) is 5.41 Å². The lowest BCUT2D eigenvalue weighted by molar-refractivity contribution is 0.515. The van der Waals surface area contributed by atoms with Gasteiger partial charge in [-0.1, -0.05) is 58.2 Å². The fourth-order valence-corrected chi connectivity index (χ4v) is 3.58. The summed E-state index contributed by atoms with van der Waals surface area (Å²) in [5.74, 6) is 0. The summed E-state index contributed by atoms with van der Waals surface area (Å²) < 4.78 is 0. The Hall–Kier alpha value is -0.680. The van der Waals surface area contributed by atoms with E-state index in [0.717, 1.165) is 16.7 Å². The highest BCUT2D eigenvalue weighted by molar-refractivity contribution is 7.59. The van der Waals surface area contributed by atoms with Crippen LogP contribution >= 0.6 is 8.58 Å². The van der Waals surface area contributed by atoms with Gasteiger partial charge in [0.2, 0.25) is 0 Å². The van der Waals surface area contributed by atoms with E-state index in [1.807, 2.05) is 18.2 Å². The van der Waals surface area contributed by atoms with Gasteiger partial charge in [0.15, 0.2) is 0 Å². The zero-order chi connectivity index (χ0) is 10.5. The van der Waals surface area contributed by atoms with Gasteiger partial charge in [0.1, 0.15) is 0 Å². The van der Waals surface area contributed by atoms with Crippen LogP contribution in [0.25, 0.3) is 0 Å². The van der Waals surface area contributed by atoms with Crippen LogP contribution < -0.4 is 0 Å². The summed E-state index contributed by atoms with van der Waals surface area (Å²) in [5, 5.41) is 8.08. The van der Waals surface area contributed by atoms with E-state index in [2.05, 4.69) is 12.1 Å². The molecule has 1 saturated carbocycles. The Kier molecular flexibility index (Phi) is 3.91. The van der Waals surface area contributed by atoms with Crippen LogP contribution in [0.15, 0.2) is 30.3 Å². The van der Waals surface area contributed by atoms with Crippen LogP contribution in [0.4, 0.5) is 0 Å². The van der Waals surface area contributed by atoms with Crippen LogP contribution in [-0.2, 0) is 0 Å². The Morgan fingerprint density at radius 3 is 2.40 bits per heavy atom. The van der Waals surface area contributed by atoms with Crippen LogP contribution in [0.2, 0.25) is 0 Å². The third-order valence-corrected chi connectivity index (χ3v) is 4.58. The Bertz CT molecular complexity index is 315. The molecule has 1 aromatic carbocycles. The van der Waals surface area contributed by atoms with E-state index in [9.17, 15) is 0 Å². The second kappa shape index (κ2) is 5.42. The minimum absolute atomic E-state index is 0.716. The van der Waals surface area contributed by atoms with Crippen LogP contribution in [0, 0.1) is 5.41 Å². The van der Waals surface area contributed by atoms with E-state index in [4.69, 9.17) is 5.41 Å². The van der Waals surface area contributed by atoms with Gasteiger partial charge in [0.25, 0.3) is 0 Å². The topological polar surface area (TPSA) is 23.9 Å². The Morgan fingerprint density at radius 1 is 1.07 bits per heavy atom. The Balaban J connectivity index is 1.91. The largest absolute Gasteiger partial charge is 0.300 e. The lowest BCUT2D eigenvalue weighted by atomic mass is 10.0. The molecule has 0 heterocycles. The molecule has 80 valence electrons. The van der Waals surface area contributed by atoms with E-state index in [1.165, 1.54) is 32.1 Å². The first-order valence-corrected chi connectivity index (χ1v) is 6.84. The van der Waals surface area contributed by atoms with Crippen LogP contribution in [0.3, 0.4) is 0 Å². The predicted molar refractivity (Wildman–Crippen MR) is 68.5 cm³/mol. The molecule has 0 aromatic heterocycles. The van der Waals surface area contributed by atoms with Gasteiger partial charge in [-0.3, -0.25) is 0 Å². The number of nitrogens with one attached hydrogen (secondary N) is 1. The van der Waals surface area contributed by atoms with E-state index in [-0.39, 0.29) is 0 Å². The molecule has 1 aliphatic rings. The van der Waals surface area contributed by atoms with Crippen molar-refractivity contribution in [3.05, 3.63) is 35.9 Å². The number of hydrogen-bond acceptors (Lipinski definition) is 1. The molecule has 2 rings (SSSR count). The van der Waals surface area contributed by atoms with Crippen molar-refractivity contribution in [2.75, 3.05) is 0 Å². The van der Waals surface area contributed by atoms with E-state index >= 15 is 0 Å². The van der Waals surface area contributed by atoms with Crippen LogP contribution in [0.1, 0.15) is 37.7 Å². The summed E-state index contributed by atoms with van der Waals surface area (Å²) in [6.45, 7) is 0. The van der Waals surface area contributed by atoms with Gasteiger partial charge in [-0.2, -0.15) is 0 Å². The van der Waals surface area contributed by atoms with Crippen molar-refractivity contribution in [2.24, 2.45) is 0 Å². The molecule has 1 aliphatic carbocycles. The fourth-order valence-electron chi connectivity index (χ4n) is 2.14. The zero-order valence-corrected chi connectivity index (χ0v) is 10.00. The minimum Gasteiger partial charge on any atom is -0.300 e. The summed E-state index contributed by atoms with van der Waals surface area (Å²) in [6, 6.07) is 10.2. The van der Waals surface area contributed by atoms with E-state index in [1.54, 1.807) is 0 Å². The maximum atomic E-state index is 8.08. The predicted octanol–water partition coefficient (Wildman–Crippen LogP) is 4.02. The Labute approximate surface area is 93.6 Å². The smallest absolute Gasteiger partial charge is 0.0585 e. The second-order valence-electron chi connectivity index (χ2n) is 4.22. The van der Waals surface area contributed by atoms with Crippen molar-refractivity contribution < 1.29 is 0 Å². The summed E-state index contributed by atoms with van der Waals surface area (Å²) in [7, 11) is 0.716. The minimum atomic E-state index is 0.716. The van der Waals surface area contributed by atoms with Gasteiger partial charge in [-0.05, 0) is 24.1 Å². The lowest BCUT2D eigenvalue weighted by Gasteiger charge is -2.21. The number of benzene rings is 1. The SMILES string of the molecule is N=C(PC1CCCCC1)c1ccccc1. The molecule has 1 nitrogen and oxygen atoms in total. The van der Waals surface area contributed by atoms with Crippen LogP contribution in [-0.4, -0.2) is 11.1 Å². The molecule has 15 heavy (non-hydrogen) atoms. The molecule has 0 radical (unpaired) electrons. The van der Waals surface area contributed by atoms with Gasteiger partial charge in [-0.15, -0.1) is 0 Å². The molecule has 0 bridgehead atoms. The second-order valence-corrected chi connectivity index (χ2v) is 5.83. The molecule has 0 saturated heterocycles. The van der Waals surface area contributed by atoms with Gasteiger partial charge in [0, 0.05) is 0 Å². The average molecular weight is 219 g/mol. The lowest BCUT2D eigenvalue weighted by Crippen LogP contribution is -2.09. The third kappa shape index (κ3) is 3.14. The quantitative estimate of drug-likeness (QED) is 0.586. The van der Waals surface area contributed by atoms with Gasteiger partial charge in [0.05, 0.1) is 5.45 Å². The summed E-state index contributed by atoms with van der Waals surface area (Å²) in [5.41, 5.74) is 2.76. The summed E-state index contributed by atoms with van der Waals surface area (Å²) >= 11 is 0. The van der Waals surface area contributed by atoms with Gasteiger partial charge < -0.3 is 5.41 Å². The molecule has 1 N–H and O–H groups in total. The standard InChI is InChI=1S/C13H18NP/c14-13(11-7-3-1-4-8-11)15-12-9-5-2-6-10-12/h1,3-4,7-8,12,14-15H,2,5-6,9-10H2. The maximum absolute atomic E-state index is 8.08. The summed E-state index contributed by atoms with van der Waals surface area (Å²) in [4.78, 5) is 0. The van der Waals surface area contributed by atoms with Crippen LogP contribution in [0.5, 0.6) is 0 Å². The molecule has 1 aromatic rings. The fraction of sp³-hybridized carbons (Fsp3) is 0.462. The molecule has 1 atom stereocenters. The van der Waals surface area contributed by atoms with Crippen molar-refractivity contribution >= 4 is 14.0 Å². The molecular formula is C13H18NP. The maximum Gasteiger partial charge on any atom is 0.0585 e. The molecular weight excluding hydrogens is 201 g/mol. The normalized spacial score (nSPS) is 18.4. The molecule has 0 spiro atoms. The van der Waals surface area contributed by atoms with E-state index in [0.29, 0.717) is 8.58 Å². The third-order valence-electron chi connectivity index (χ3n) is 3.02. The number of rotatable bonds is 3. The Morgan fingerprint density at radius 2 is 1.73 bits per heavy atom. The highest BCUT2D eigenvalue weighted by Crippen LogP contribution is 2.34. The van der Waals surface area contributed by atoms with E-state index < -0.39 is 0 Å². The average Bonchev–Trinajstić information content (AvgIpc) is 2.31. The molecule has 1 fully saturated rings. The van der Waals surface area contributed by atoms with Crippen molar-refractivity contribution in [1.82, 2.24) is 0 Å². The first-order chi connectivity index (χ1) is 7.36. The van der Waals surface area contributed by atoms with Crippen molar-refractivity contribution in [3.63, 3.8) is 0 Å². The molecule has 1 unspecified atom stereocenters. The number of hydrogen-bond donors (Lipinski definition) is 1. The zero-order valence-electron chi connectivity index (χ0n) is 9.00. The summed E-state index contributed by atoms with van der Waals surface area (Å²) in [6.07, 6.45) is 6.83. The molecule has 2 heteroatoms. The molecule has 0 amide bonds. The van der Waals surface area contributed by atoms with Gasteiger partial charge >= 0.3 is 0 Å². The van der Waals surface area contributed by atoms with Crippen molar-refractivity contribution in [3.8, 4) is 0 Å². The highest BCUT2D eigenvalue weighted by Gasteiger charge is 2.15. The highest BCUT2D eigenvalue weighted by atomic mass is 31.1. The van der Waals surface area contributed by atoms with Crippen molar-refractivity contribution in [2.45, 2.75) is 37.8 Å². The first kappa shape index (κ1) is 10.8. The monoisotopic (exact) mass is 219 g/mol. The molecule has 0 aliphatic heterocycles. The van der Waals surface area contributed by atoms with Gasteiger partial charge in [-0.25, -0.2) is 0 Å².